The highest BCUT2D eigenvalue weighted by molar-refractivity contribution is 7.89. The number of benzene rings is 2. The fourth-order valence-corrected chi connectivity index (χ4v) is 5.03. The third-order valence-corrected chi connectivity index (χ3v) is 6.87. The van der Waals surface area contributed by atoms with Crippen molar-refractivity contribution in [3.63, 3.8) is 0 Å². The number of sulfonamides is 1. The molecule has 8 heteroatoms. The molecule has 0 saturated heterocycles. The van der Waals surface area contributed by atoms with E-state index >= 15 is 0 Å². The monoisotopic (exact) mass is 433 g/mol. The van der Waals surface area contributed by atoms with E-state index in [4.69, 9.17) is 17.3 Å². The Morgan fingerprint density at radius 1 is 1.14 bits per heavy atom. The second kappa shape index (κ2) is 8.57. The van der Waals surface area contributed by atoms with Crippen LogP contribution < -0.4 is 5.73 Å². The number of H-pyrrole nitrogens is 1. The van der Waals surface area contributed by atoms with Crippen molar-refractivity contribution in [2.24, 2.45) is 11.7 Å². The minimum Gasteiger partial charge on any atom is -0.368 e. The average molecular weight is 434 g/mol. The zero-order chi connectivity index (χ0) is 21.2. The van der Waals surface area contributed by atoms with E-state index in [1.165, 1.54) is 28.6 Å². The Bertz CT molecular complexity index is 1110. The molecular weight excluding hydrogens is 410 g/mol. The largest absolute Gasteiger partial charge is 0.368 e. The summed E-state index contributed by atoms with van der Waals surface area (Å²) in [4.78, 5) is 15.4. The molecule has 0 unspecified atom stereocenters. The first kappa shape index (κ1) is 21.4. The van der Waals surface area contributed by atoms with Crippen molar-refractivity contribution in [1.82, 2.24) is 9.29 Å². The highest BCUT2D eigenvalue weighted by Crippen LogP contribution is 2.26. The zero-order valence-corrected chi connectivity index (χ0v) is 17.9. The van der Waals surface area contributed by atoms with E-state index in [9.17, 15) is 13.2 Å². The van der Waals surface area contributed by atoms with Crippen molar-refractivity contribution in [2.75, 3.05) is 0 Å². The lowest BCUT2D eigenvalue weighted by Crippen LogP contribution is -2.48. The van der Waals surface area contributed by atoms with Gasteiger partial charge in [-0.05, 0) is 65.8 Å². The number of carbonyl (C=O) groups is 1. The predicted molar refractivity (Wildman–Crippen MR) is 115 cm³/mol. The van der Waals surface area contributed by atoms with Crippen molar-refractivity contribution < 1.29 is 13.2 Å². The maximum Gasteiger partial charge on any atom is 0.244 e. The molecule has 154 valence electrons. The topological polar surface area (TPSA) is 96.3 Å². The van der Waals surface area contributed by atoms with Crippen molar-refractivity contribution >= 4 is 38.4 Å². The molecule has 0 saturated carbocycles. The average Bonchev–Trinajstić information content (AvgIpc) is 3.12. The van der Waals surface area contributed by atoms with Crippen LogP contribution in [0.4, 0.5) is 0 Å². The minimum atomic E-state index is -3.98. The van der Waals surface area contributed by atoms with Crippen LogP contribution in [0.25, 0.3) is 10.9 Å². The Labute approximate surface area is 175 Å². The number of nitrogens with zero attached hydrogens (tertiary/aromatic N) is 1. The highest BCUT2D eigenvalue weighted by atomic mass is 35.5. The summed E-state index contributed by atoms with van der Waals surface area (Å²) in [7, 11) is -3.98. The molecule has 1 amide bonds. The maximum atomic E-state index is 13.5. The Hall–Kier alpha value is -2.35. The van der Waals surface area contributed by atoms with Crippen LogP contribution in [0.1, 0.15) is 25.8 Å². The molecule has 3 N–H and O–H groups in total. The van der Waals surface area contributed by atoms with E-state index in [0.717, 1.165) is 16.5 Å². The highest BCUT2D eigenvalue weighted by Gasteiger charge is 2.35. The molecule has 0 aliphatic carbocycles. The third kappa shape index (κ3) is 4.80. The summed E-state index contributed by atoms with van der Waals surface area (Å²) in [5, 5.41) is 1.40. The Morgan fingerprint density at radius 2 is 1.83 bits per heavy atom. The number of primary amides is 1. The number of nitrogens with one attached hydrogen (secondary N) is 1. The summed E-state index contributed by atoms with van der Waals surface area (Å²) >= 11 is 5.91. The summed E-state index contributed by atoms with van der Waals surface area (Å²) in [6.45, 7) is 3.89. The summed E-state index contributed by atoms with van der Waals surface area (Å²) in [5.41, 5.74) is 7.36. The first-order chi connectivity index (χ1) is 13.7. The summed E-state index contributed by atoms with van der Waals surface area (Å²) in [5.74, 6) is -0.582. The number of amides is 1. The Morgan fingerprint density at radius 3 is 2.45 bits per heavy atom. The summed E-state index contributed by atoms with van der Waals surface area (Å²) in [6.07, 6.45) is 2.15. The molecule has 0 spiro atoms. The van der Waals surface area contributed by atoms with E-state index in [1.54, 1.807) is 0 Å². The van der Waals surface area contributed by atoms with Gasteiger partial charge >= 0.3 is 0 Å². The Kier molecular flexibility index (Phi) is 6.31. The second-order valence-corrected chi connectivity index (χ2v) is 9.78. The fourth-order valence-electron chi connectivity index (χ4n) is 3.31. The third-order valence-electron chi connectivity index (χ3n) is 4.75. The first-order valence-electron chi connectivity index (χ1n) is 9.31. The lowest BCUT2D eigenvalue weighted by Gasteiger charge is -2.30. The van der Waals surface area contributed by atoms with E-state index in [2.05, 4.69) is 4.98 Å². The van der Waals surface area contributed by atoms with Crippen LogP contribution in [0.3, 0.4) is 0 Å². The van der Waals surface area contributed by atoms with Crippen molar-refractivity contribution in [2.45, 2.75) is 37.8 Å². The van der Waals surface area contributed by atoms with Gasteiger partial charge in [-0.2, -0.15) is 4.31 Å². The van der Waals surface area contributed by atoms with Crippen LogP contribution in [-0.4, -0.2) is 29.7 Å². The molecule has 0 aliphatic heterocycles. The molecule has 1 heterocycles. The molecule has 1 atom stereocenters. The van der Waals surface area contributed by atoms with Gasteiger partial charge in [0.25, 0.3) is 0 Å². The smallest absolute Gasteiger partial charge is 0.244 e. The van der Waals surface area contributed by atoms with Crippen LogP contribution in [0.15, 0.2) is 59.6 Å². The molecule has 6 nitrogen and oxygen atoms in total. The molecule has 2 aromatic carbocycles. The fraction of sp³-hybridized carbons (Fsp3) is 0.286. The molecular formula is C21H24ClN3O3S. The lowest BCUT2D eigenvalue weighted by atomic mass is 10.0. The number of hydrogen-bond acceptors (Lipinski definition) is 3. The first-order valence-corrected chi connectivity index (χ1v) is 11.1. The molecule has 3 aromatic rings. The number of carbonyl (C=O) groups excluding carboxylic acids is 1. The predicted octanol–water partition coefficient (Wildman–Crippen LogP) is 3.91. The standard InChI is InChI=1S/C21H24ClN3O3S/c1-14(2)11-20(21(23)26)25(29(27,28)18-6-4-17(22)5-7-18)13-15-3-8-19-16(12-15)9-10-24-19/h3-10,12,14,20,24H,11,13H2,1-2H3,(H2,23,26)/t20-/m1/s1. The maximum absolute atomic E-state index is 13.5. The quantitative estimate of drug-likeness (QED) is 0.563. The molecule has 0 bridgehead atoms. The van der Waals surface area contributed by atoms with Gasteiger partial charge in [-0.15, -0.1) is 0 Å². The van der Waals surface area contributed by atoms with Crippen LogP contribution in [0.2, 0.25) is 5.02 Å². The number of halogens is 1. The minimum absolute atomic E-state index is 0.0341. The number of aromatic nitrogens is 1. The molecule has 0 aliphatic rings. The second-order valence-electron chi connectivity index (χ2n) is 7.45. The van der Waals surface area contributed by atoms with Crippen LogP contribution in [0.5, 0.6) is 0 Å². The molecule has 0 radical (unpaired) electrons. The van der Waals surface area contributed by atoms with Gasteiger partial charge in [0.15, 0.2) is 0 Å². The number of rotatable bonds is 8. The molecule has 0 fully saturated rings. The van der Waals surface area contributed by atoms with Gasteiger partial charge in [-0.3, -0.25) is 4.79 Å². The van der Waals surface area contributed by atoms with Gasteiger partial charge in [-0.25, -0.2) is 8.42 Å². The van der Waals surface area contributed by atoms with Crippen molar-refractivity contribution in [3.8, 4) is 0 Å². The lowest BCUT2D eigenvalue weighted by molar-refractivity contribution is -0.122. The van der Waals surface area contributed by atoms with Gasteiger partial charge in [0.2, 0.25) is 15.9 Å². The molecule has 3 rings (SSSR count). The van der Waals surface area contributed by atoms with Gasteiger partial charge in [0.1, 0.15) is 6.04 Å². The van der Waals surface area contributed by atoms with Gasteiger partial charge in [-0.1, -0.05) is 31.5 Å². The van der Waals surface area contributed by atoms with Crippen molar-refractivity contribution in [3.05, 3.63) is 65.3 Å². The zero-order valence-electron chi connectivity index (χ0n) is 16.3. The van der Waals surface area contributed by atoms with Gasteiger partial charge < -0.3 is 10.7 Å². The van der Waals surface area contributed by atoms with Crippen LogP contribution >= 0.6 is 11.6 Å². The van der Waals surface area contributed by atoms with E-state index in [-0.39, 0.29) is 17.4 Å². The number of fused-ring (bicyclic) bond motifs is 1. The van der Waals surface area contributed by atoms with E-state index in [0.29, 0.717) is 11.4 Å². The van der Waals surface area contributed by atoms with E-state index in [1.807, 2.05) is 44.3 Å². The molecule has 29 heavy (non-hydrogen) atoms. The van der Waals surface area contributed by atoms with Crippen LogP contribution in [-0.2, 0) is 21.4 Å². The van der Waals surface area contributed by atoms with E-state index < -0.39 is 22.0 Å². The van der Waals surface area contributed by atoms with Gasteiger partial charge in [0, 0.05) is 23.3 Å². The molecule has 1 aromatic heterocycles. The normalized spacial score (nSPS) is 13.3. The number of hydrogen-bond donors (Lipinski definition) is 2. The van der Waals surface area contributed by atoms with Gasteiger partial charge in [0.05, 0.1) is 4.90 Å². The van der Waals surface area contributed by atoms with Crippen LogP contribution in [0, 0.1) is 5.92 Å². The Balaban J connectivity index is 2.06. The number of aromatic amines is 1. The van der Waals surface area contributed by atoms with Crippen molar-refractivity contribution in [1.29, 1.82) is 0 Å². The number of nitrogens with two attached hydrogens (primary N) is 1. The summed E-state index contributed by atoms with van der Waals surface area (Å²) in [6, 6.07) is 12.5. The summed E-state index contributed by atoms with van der Waals surface area (Å²) < 4.78 is 28.1. The SMILES string of the molecule is CC(C)C[C@H](C(N)=O)N(Cc1ccc2[nH]ccc2c1)S(=O)(=O)c1ccc(Cl)cc1.